The summed E-state index contributed by atoms with van der Waals surface area (Å²) < 4.78 is 0. The van der Waals surface area contributed by atoms with E-state index >= 15 is 0 Å². The van der Waals surface area contributed by atoms with Gasteiger partial charge < -0.3 is 10.2 Å². The first-order chi connectivity index (χ1) is 9.95. The van der Waals surface area contributed by atoms with Gasteiger partial charge in [-0.25, -0.2) is 0 Å². The van der Waals surface area contributed by atoms with Crippen LogP contribution in [-0.4, -0.2) is 36.5 Å². The fraction of sp³-hybridized carbons (Fsp3) is 0.944. The lowest BCUT2D eigenvalue weighted by Crippen LogP contribution is -2.42. The molecule has 0 aromatic rings. The first kappa shape index (κ1) is 15.3. The van der Waals surface area contributed by atoms with E-state index in [4.69, 9.17) is 0 Å². The number of hydrogen-bond acceptors (Lipinski definition) is 2. The molecule has 0 radical (unpaired) electrons. The SMILES string of the molecule is CC(C)(C)C1CCC(C(=O)N2C[C@@H]3CCCN[C@@H]3C2)CC1. The number of carbonyl (C=O) groups excluding carboxylic acids is 1. The normalized spacial score (nSPS) is 37.4. The number of nitrogens with one attached hydrogen (secondary N) is 1. The number of carbonyl (C=O) groups is 1. The number of rotatable bonds is 1. The fourth-order valence-corrected chi connectivity index (χ4v) is 4.69. The van der Waals surface area contributed by atoms with E-state index in [1.807, 2.05) is 0 Å². The number of amides is 1. The zero-order chi connectivity index (χ0) is 15.0. The average molecular weight is 292 g/mol. The maximum absolute atomic E-state index is 12.8. The molecule has 3 rings (SSSR count). The van der Waals surface area contributed by atoms with Crippen molar-refractivity contribution < 1.29 is 4.79 Å². The molecule has 0 bridgehead atoms. The first-order valence-electron chi connectivity index (χ1n) is 8.97. The molecule has 3 aliphatic rings. The van der Waals surface area contributed by atoms with Crippen molar-refractivity contribution in [2.45, 2.75) is 65.3 Å². The van der Waals surface area contributed by atoms with Crippen molar-refractivity contribution in [2.75, 3.05) is 19.6 Å². The molecule has 2 heterocycles. The number of fused-ring (bicyclic) bond motifs is 1. The molecule has 1 aliphatic carbocycles. The Labute approximate surface area is 129 Å². The third-order valence-electron chi connectivity index (χ3n) is 6.21. The van der Waals surface area contributed by atoms with Crippen LogP contribution in [-0.2, 0) is 4.79 Å². The Bertz CT molecular complexity index is 365. The summed E-state index contributed by atoms with van der Waals surface area (Å²) in [6, 6.07) is 0.577. The highest BCUT2D eigenvalue weighted by atomic mass is 16.2. The second-order valence-corrected chi connectivity index (χ2v) is 8.62. The molecule has 2 aliphatic heterocycles. The van der Waals surface area contributed by atoms with Crippen LogP contribution in [0.1, 0.15) is 59.3 Å². The van der Waals surface area contributed by atoms with Gasteiger partial charge in [-0.15, -0.1) is 0 Å². The molecular formula is C18H32N2O. The molecule has 3 heteroatoms. The van der Waals surface area contributed by atoms with Gasteiger partial charge in [0, 0.05) is 25.0 Å². The summed E-state index contributed by atoms with van der Waals surface area (Å²) in [4.78, 5) is 15.0. The van der Waals surface area contributed by atoms with E-state index in [9.17, 15) is 4.79 Å². The lowest BCUT2D eigenvalue weighted by atomic mass is 9.69. The van der Waals surface area contributed by atoms with Gasteiger partial charge >= 0.3 is 0 Å². The van der Waals surface area contributed by atoms with E-state index in [2.05, 4.69) is 31.0 Å². The number of likely N-dealkylation sites (tertiary alicyclic amines) is 1. The Morgan fingerprint density at radius 2 is 1.76 bits per heavy atom. The highest BCUT2D eigenvalue weighted by Crippen LogP contribution is 2.40. The van der Waals surface area contributed by atoms with Crippen molar-refractivity contribution >= 4 is 5.91 Å². The van der Waals surface area contributed by atoms with E-state index in [1.54, 1.807) is 0 Å². The van der Waals surface area contributed by atoms with Gasteiger partial charge in [-0.2, -0.15) is 0 Å². The van der Waals surface area contributed by atoms with E-state index in [-0.39, 0.29) is 0 Å². The lowest BCUT2D eigenvalue weighted by Gasteiger charge is -2.37. The van der Waals surface area contributed by atoms with Crippen molar-refractivity contribution in [1.82, 2.24) is 10.2 Å². The molecule has 1 saturated carbocycles. The van der Waals surface area contributed by atoms with Crippen molar-refractivity contribution in [3.05, 3.63) is 0 Å². The van der Waals surface area contributed by atoms with E-state index in [1.165, 1.54) is 25.7 Å². The molecule has 120 valence electrons. The molecule has 0 aromatic carbocycles. The zero-order valence-corrected chi connectivity index (χ0v) is 14.0. The predicted molar refractivity (Wildman–Crippen MR) is 86.0 cm³/mol. The van der Waals surface area contributed by atoms with Crippen molar-refractivity contribution in [3.63, 3.8) is 0 Å². The van der Waals surface area contributed by atoms with E-state index < -0.39 is 0 Å². The molecule has 2 saturated heterocycles. The van der Waals surface area contributed by atoms with Crippen molar-refractivity contribution in [1.29, 1.82) is 0 Å². The standard InChI is InChI=1S/C18H32N2O/c1-18(2,3)15-8-6-13(7-9-15)17(21)20-11-14-5-4-10-19-16(14)12-20/h13-16,19H,4-12H2,1-3H3/t13?,14-,15?,16+/m0/s1. The number of nitrogens with zero attached hydrogens (tertiary/aromatic N) is 1. The Hall–Kier alpha value is -0.570. The minimum Gasteiger partial charge on any atom is -0.341 e. The number of hydrogen-bond donors (Lipinski definition) is 1. The van der Waals surface area contributed by atoms with Crippen molar-refractivity contribution in [3.8, 4) is 0 Å². The van der Waals surface area contributed by atoms with E-state index in [0.717, 1.165) is 38.4 Å². The second-order valence-electron chi connectivity index (χ2n) is 8.62. The van der Waals surface area contributed by atoms with Gasteiger partial charge in [-0.05, 0) is 62.3 Å². The maximum atomic E-state index is 12.8. The van der Waals surface area contributed by atoms with Gasteiger partial charge in [-0.3, -0.25) is 4.79 Å². The van der Waals surface area contributed by atoms with Gasteiger partial charge in [0.2, 0.25) is 5.91 Å². The predicted octanol–water partition coefficient (Wildman–Crippen LogP) is 3.05. The summed E-state index contributed by atoms with van der Waals surface area (Å²) in [5.74, 6) is 2.28. The van der Waals surface area contributed by atoms with Gasteiger partial charge in [0.1, 0.15) is 0 Å². The zero-order valence-electron chi connectivity index (χ0n) is 14.0. The Kier molecular flexibility index (Phi) is 4.31. The highest BCUT2D eigenvalue weighted by Gasteiger charge is 2.40. The molecular weight excluding hydrogens is 260 g/mol. The van der Waals surface area contributed by atoms with Crippen LogP contribution in [0.3, 0.4) is 0 Å². The summed E-state index contributed by atoms with van der Waals surface area (Å²) >= 11 is 0. The summed E-state index contributed by atoms with van der Waals surface area (Å²) in [5, 5.41) is 3.60. The Morgan fingerprint density at radius 1 is 1.05 bits per heavy atom. The van der Waals surface area contributed by atoms with E-state index in [0.29, 0.717) is 29.2 Å². The van der Waals surface area contributed by atoms with Crippen molar-refractivity contribution in [2.24, 2.45) is 23.2 Å². The quantitative estimate of drug-likeness (QED) is 0.805. The summed E-state index contributed by atoms with van der Waals surface area (Å²) in [5.41, 5.74) is 0.403. The molecule has 0 aromatic heterocycles. The third-order valence-corrected chi connectivity index (χ3v) is 6.21. The molecule has 3 nitrogen and oxygen atoms in total. The monoisotopic (exact) mass is 292 g/mol. The molecule has 0 unspecified atom stereocenters. The minimum absolute atomic E-state index is 0.309. The highest BCUT2D eigenvalue weighted by molar-refractivity contribution is 5.79. The van der Waals surface area contributed by atoms with Crippen LogP contribution in [0, 0.1) is 23.2 Å². The summed E-state index contributed by atoms with van der Waals surface area (Å²) in [7, 11) is 0. The first-order valence-corrected chi connectivity index (χ1v) is 8.97. The molecule has 1 amide bonds. The molecule has 1 N–H and O–H groups in total. The fourth-order valence-electron chi connectivity index (χ4n) is 4.69. The second kappa shape index (κ2) is 5.91. The Balaban J connectivity index is 1.53. The van der Waals surface area contributed by atoms with Crippen LogP contribution in [0.4, 0.5) is 0 Å². The van der Waals surface area contributed by atoms with Gasteiger partial charge in [0.15, 0.2) is 0 Å². The van der Waals surface area contributed by atoms with Crippen LogP contribution >= 0.6 is 0 Å². The molecule has 3 fully saturated rings. The molecule has 2 atom stereocenters. The summed E-state index contributed by atoms with van der Waals surface area (Å²) in [6.07, 6.45) is 7.27. The third kappa shape index (κ3) is 3.28. The van der Waals surface area contributed by atoms with Crippen LogP contribution in [0.5, 0.6) is 0 Å². The Morgan fingerprint density at radius 3 is 2.38 bits per heavy atom. The lowest BCUT2D eigenvalue weighted by molar-refractivity contribution is -0.136. The smallest absolute Gasteiger partial charge is 0.225 e. The van der Waals surface area contributed by atoms with Crippen LogP contribution in [0.2, 0.25) is 0 Å². The average Bonchev–Trinajstić information content (AvgIpc) is 2.89. The topological polar surface area (TPSA) is 32.3 Å². The van der Waals surface area contributed by atoms with Crippen LogP contribution in [0.15, 0.2) is 0 Å². The summed E-state index contributed by atoms with van der Waals surface area (Å²) in [6.45, 7) is 10.1. The largest absolute Gasteiger partial charge is 0.341 e. The van der Waals surface area contributed by atoms with Gasteiger partial charge in [0.05, 0.1) is 0 Å². The molecule has 21 heavy (non-hydrogen) atoms. The van der Waals surface area contributed by atoms with Gasteiger partial charge in [-0.1, -0.05) is 20.8 Å². The van der Waals surface area contributed by atoms with Crippen LogP contribution in [0.25, 0.3) is 0 Å². The number of piperidine rings is 1. The molecule has 0 spiro atoms. The maximum Gasteiger partial charge on any atom is 0.225 e. The minimum atomic E-state index is 0.309. The van der Waals surface area contributed by atoms with Gasteiger partial charge in [0.25, 0.3) is 0 Å². The van der Waals surface area contributed by atoms with Crippen LogP contribution < -0.4 is 5.32 Å².